The predicted molar refractivity (Wildman–Crippen MR) is 219 cm³/mol. The van der Waals surface area contributed by atoms with Gasteiger partial charge in [0, 0.05) is 33.4 Å². The van der Waals surface area contributed by atoms with E-state index in [2.05, 4.69) is 115 Å². The Bertz CT molecular complexity index is 2640. The number of rotatable bonds is 8. The van der Waals surface area contributed by atoms with Crippen LogP contribution in [0.5, 0.6) is 0 Å². The minimum absolute atomic E-state index is 0.613. The third-order valence-corrected chi connectivity index (χ3v) is 9.34. The van der Waals surface area contributed by atoms with Crippen molar-refractivity contribution in [1.29, 1.82) is 0 Å². The van der Waals surface area contributed by atoms with Gasteiger partial charge in [0.25, 0.3) is 0 Å². The van der Waals surface area contributed by atoms with Crippen LogP contribution in [-0.2, 0) is 0 Å². The fourth-order valence-electron chi connectivity index (χ4n) is 6.58. The molecule has 5 nitrogen and oxygen atoms in total. The van der Waals surface area contributed by atoms with Crippen LogP contribution in [0.3, 0.4) is 0 Å². The summed E-state index contributed by atoms with van der Waals surface area (Å²) in [5.74, 6) is 2.54. The Hall–Kier alpha value is -7.37. The minimum atomic E-state index is 0.613. The van der Waals surface area contributed by atoms with Crippen molar-refractivity contribution >= 4 is 0 Å². The number of benzene rings is 7. The van der Waals surface area contributed by atoms with Crippen LogP contribution in [0, 0.1) is 0 Å². The van der Waals surface area contributed by atoms with Crippen LogP contribution in [0.1, 0.15) is 0 Å². The molecule has 0 amide bonds. The van der Waals surface area contributed by atoms with Crippen LogP contribution in [-0.4, -0.2) is 24.9 Å². The second-order valence-corrected chi connectivity index (χ2v) is 13.0. The van der Waals surface area contributed by atoms with Gasteiger partial charge in [0.05, 0.1) is 11.4 Å². The average molecular weight is 692 g/mol. The Morgan fingerprint density at radius 3 is 0.963 bits per heavy atom. The van der Waals surface area contributed by atoms with Crippen molar-refractivity contribution in [2.75, 3.05) is 0 Å². The van der Waals surface area contributed by atoms with E-state index in [4.69, 9.17) is 24.9 Å². The Morgan fingerprint density at radius 1 is 0.185 bits per heavy atom. The highest BCUT2D eigenvalue weighted by molar-refractivity contribution is 5.78. The largest absolute Gasteiger partial charge is 0.228 e. The molecule has 9 rings (SSSR count). The molecule has 0 saturated carbocycles. The van der Waals surface area contributed by atoms with Gasteiger partial charge in [-0.2, -0.15) is 0 Å². The zero-order valence-electron chi connectivity index (χ0n) is 29.3. The summed E-state index contributed by atoms with van der Waals surface area (Å²) in [7, 11) is 0. The zero-order chi connectivity index (χ0) is 36.1. The maximum absolute atomic E-state index is 5.17. The maximum atomic E-state index is 5.17. The Labute approximate surface area is 314 Å². The lowest BCUT2D eigenvalue weighted by Gasteiger charge is -2.12. The van der Waals surface area contributed by atoms with Gasteiger partial charge in [0.15, 0.2) is 23.3 Å². The quantitative estimate of drug-likeness (QED) is 0.159. The van der Waals surface area contributed by atoms with Gasteiger partial charge in [-0.15, -0.1) is 0 Å². The molecule has 0 aliphatic heterocycles. The summed E-state index contributed by atoms with van der Waals surface area (Å²) in [6.07, 6.45) is 0. The van der Waals surface area contributed by atoms with E-state index >= 15 is 0 Å². The van der Waals surface area contributed by atoms with Gasteiger partial charge in [-0.05, 0) is 46.5 Å². The molecule has 2 heterocycles. The molecule has 0 radical (unpaired) electrons. The SMILES string of the molecule is c1ccc(-c2cccc(-c3cc(-c4ccccc4)nc(-c4cccc(-c5cccc(-c6nc(-c7ccccc7)nc(-c7ccccc7)n6)c5)c4)n3)c2)cc1. The summed E-state index contributed by atoms with van der Waals surface area (Å²) in [4.78, 5) is 25.1. The van der Waals surface area contributed by atoms with Crippen LogP contribution in [0.4, 0.5) is 0 Å². The molecule has 0 unspecified atom stereocenters. The lowest BCUT2D eigenvalue weighted by Crippen LogP contribution is -2.00. The number of hydrogen-bond donors (Lipinski definition) is 0. The van der Waals surface area contributed by atoms with Gasteiger partial charge >= 0.3 is 0 Å². The Morgan fingerprint density at radius 2 is 0.481 bits per heavy atom. The first-order valence-corrected chi connectivity index (χ1v) is 17.9. The Kier molecular flexibility index (Phi) is 8.86. The van der Waals surface area contributed by atoms with Crippen molar-refractivity contribution in [2.24, 2.45) is 0 Å². The molecule has 0 aliphatic rings. The summed E-state index contributed by atoms with van der Waals surface area (Å²) in [5.41, 5.74) is 11.9. The van der Waals surface area contributed by atoms with E-state index < -0.39 is 0 Å². The van der Waals surface area contributed by atoms with Crippen LogP contribution < -0.4 is 0 Å². The lowest BCUT2D eigenvalue weighted by atomic mass is 9.99. The molecule has 0 saturated heterocycles. The van der Waals surface area contributed by atoms with E-state index in [-0.39, 0.29) is 0 Å². The van der Waals surface area contributed by atoms with Crippen molar-refractivity contribution in [3.05, 3.63) is 200 Å². The summed E-state index contributed by atoms with van der Waals surface area (Å²) >= 11 is 0. The first kappa shape index (κ1) is 32.5. The summed E-state index contributed by atoms with van der Waals surface area (Å²) in [6.45, 7) is 0. The highest BCUT2D eigenvalue weighted by Crippen LogP contribution is 2.33. The van der Waals surface area contributed by atoms with Gasteiger partial charge in [0.1, 0.15) is 0 Å². The minimum Gasteiger partial charge on any atom is -0.228 e. The average Bonchev–Trinajstić information content (AvgIpc) is 3.27. The summed E-state index contributed by atoms with van der Waals surface area (Å²) in [6, 6.07) is 68.2. The van der Waals surface area contributed by atoms with Crippen LogP contribution >= 0.6 is 0 Å². The van der Waals surface area contributed by atoms with Crippen molar-refractivity contribution < 1.29 is 0 Å². The van der Waals surface area contributed by atoms with Gasteiger partial charge in [-0.25, -0.2) is 24.9 Å². The number of aromatic nitrogens is 5. The molecule has 7 aromatic carbocycles. The third kappa shape index (κ3) is 6.94. The first-order chi connectivity index (χ1) is 26.7. The van der Waals surface area contributed by atoms with Crippen LogP contribution in [0.25, 0.3) is 90.3 Å². The van der Waals surface area contributed by atoms with Crippen LogP contribution in [0.15, 0.2) is 200 Å². The summed E-state index contributed by atoms with van der Waals surface area (Å²) < 4.78 is 0. The van der Waals surface area contributed by atoms with Crippen LogP contribution in [0.2, 0.25) is 0 Å². The molecule has 2 aromatic heterocycles. The third-order valence-electron chi connectivity index (χ3n) is 9.34. The van der Waals surface area contributed by atoms with E-state index in [1.165, 1.54) is 0 Å². The standard InChI is InChI=1S/C49H33N5/c1-5-16-34(17-6-1)38-24-13-27-41(30-38)45-33-44(35-18-7-2-8-19-35)50-48(51-45)42-28-14-25-39(31-42)40-26-15-29-43(32-40)49-53-46(36-20-9-3-10-21-36)52-47(54-49)37-22-11-4-12-23-37/h1-33H. The molecule has 0 aliphatic carbocycles. The van der Waals surface area contributed by atoms with E-state index in [9.17, 15) is 0 Å². The highest BCUT2D eigenvalue weighted by atomic mass is 15.0. The first-order valence-electron chi connectivity index (χ1n) is 17.9. The molecule has 9 aromatic rings. The smallest absolute Gasteiger partial charge is 0.164 e. The monoisotopic (exact) mass is 691 g/mol. The van der Waals surface area contributed by atoms with E-state index in [1.54, 1.807) is 0 Å². The topological polar surface area (TPSA) is 64.5 Å². The molecule has 0 fully saturated rings. The van der Waals surface area contributed by atoms with Gasteiger partial charge in [0.2, 0.25) is 0 Å². The number of hydrogen-bond acceptors (Lipinski definition) is 5. The van der Waals surface area contributed by atoms with E-state index in [0.717, 1.165) is 67.0 Å². The number of nitrogens with zero attached hydrogens (tertiary/aromatic N) is 5. The van der Waals surface area contributed by atoms with E-state index in [0.29, 0.717) is 23.3 Å². The Balaban J connectivity index is 1.12. The van der Waals surface area contributed by atoms with Crippen molar-refractivity contribution in [3.8, 4) is 90.3 Å². The predicted octanol–water partition coefficient (Wildman–Crippen LogP) is 12.0. The molecule has 0 spiro atoms. The van der Waals surface area contributed by atoms with E-state index in [1.807, 2.05) is 84.9 Å². The lowest BCUT2D eigenvalue weighted by molar-refractivity contribution is 1.07. The fraction of sp³-hybridized carbons (Fsp3) is 0. The molecule has 5 heteroatoms. The molecular formula is C49H33N5. The molecule has 254 valence electrons. The molecule has 0 bridgehead atoms. The summed E-state index contributed by atoms with van der Waals surface area (Å²) in [5, 5.41) is 0. The van der Waals surface area contributed by atoms with Crippen molar-refractivity contribution in [3.63, 3.8) is 0 Å². The maximum Gasteiger partial charge on any atom is 0.164 e. The van der Waals surface area contributed by atoms with Gasteiger partial charge in [-0.1, -0.05) is 176 Å². The van der Waals surface area contributed by atoms with Gasteiger partial charge < -0.3 is 0 Å². The van der Waals surface area contributed by atoms with Crippen molar-refractivity contribution in [2.45, 2.75) is 0 Å². The fourth-order valence-corrected chi connectivity index (χ4v) is 6.58. The normalized spacial score (nSPS) is 11.0. The molecule has 0 N–H and O–H groups in total. The second kappa shape index (κ2) is 14.7. The molecule has 0 atom stereocenters. The highest BCUT2D eigenvalue weighted by Gasteiger charge is 2.15. The molecular weight excluding hydrogens is 659 g/mol. The van der Waals surface area contributed by atoms with Crippen molar-refractivity contribution in [1.82, 2.24) is 24.9 Å². The second-order valence-electron chi connectivity index (χ2n) is 13.0. The molecule has 54 heavy (non-hydrogen) atoms. The zero-order valence-corrected chi connectivity index (χ0v) is 29.3. The van der Waals surface area contributed by atoms with Gasteiger partial charge in [-0.3, -0.25) is 0 Å².